The summed E-state index contributed by atoms with van der Waals surface area (Å²) < 4.78 is 13.6. The molecule has 0 radical (unpaired) electrons. The Morgan fingerprint density at radius 3 is 2.75 bits per heavy atom. The second-order valence-corrected chi connectivity index (χ2v) is 4.67. The van der Waals surface area contributed by atoms with E-state index in [1.54, 1.807) is 6.07 Å². The van der Waals surface area contributed by atoms with Gasteiger partial charge in [-0.2, -0.15) is 0 Å². The number of benzene rings is 1. The molecular weight excluding hydrogens is 249 g/mol. The van der Waals surface area contributed by atoms with E-state index in [1.165, 1.54) is 23.5 Å². The number of phenols is 1. The van der Waals surface area contributed by atoms with E-state index in [4.69, 9.17) is 17.3 Å². The number of rotatable bonds is 2. The second-order valence-electron chi connectivity index (χ2n) is 3.28. The quantitative estimate of drug-likeness (QED) is 0.867. The summed E-state index contributed by atoms with van der Waals surface area (Å²) in [7, 11) is 0. The van der Waals surface area contributed by atoms with Gasteiger partial charge in [0.05, 0.1) is 16.6 Å². The Labute approximate surface area is 101 Å². The standard InChI is InChI=1S/C11H9ClFNOS/c12-6-3-4-7(13)9(11(6)15)10(14)8-2-1-5-16-8/h1-5,10,15H,14H2/t10-/m0/s1. The van der Waals surface area contributed by atoms with Gasteiger partial charge in [-0.25, -0.2) is 4.39 Å². The number of halogens is 2. The van der Waals surface area contributed by atoms with Gasteiger partial charge < -0.3 is 10.8 Å². The predicted molar refractivity (Wildman–Crippen MR) is 63.4 cm³/mol. The SMILES string of the molecule is N[C@@H](c1cccs1)c1c(F)ccc(Cl)c1O. The van der Waals surface area contributed by atoms with Crippen molar-refractivity contribution in [1.29, 1.82) is 0 Å². The van der Waals surface area contributed by atoms with Crippen molar-refractivity contribution in [3.8, 4) is 5.75 Å². The molecule has 5 heteroatoms. The third-order valence-electron chi connectivity index (χ3n) is 2.28. The number of hydrogen-bond acceptors (Lipinski definition) is 3. The fourth-order valence-corrected chi connectivity index (χ4v) is 2.36. The van der Waals surface area contributed by atoms with Gasteiger partial charge in [0.1, 0.15) is 11.6 Å². The first-order valence-corrected chi connectivity index (χ1v) is 5.83. The summed E-state index contributed by atoms with van der Waals surface area (Å²) in [6, 6.07) is 5.41. The molecule has 0 bridgehead atoms. The molecule has 0 fully saturated rings. The highest BCUT2D eigenvalue weighted by atomic mass is 35.5. The van der Waals surface area contributed by atoms with Crippen molar-refractivity contribution in [2.24, 2.45) is 5.73 Å². The normalized spacial score (nSPS) is 12.7. The van der Waals surface area contributed by atoms with Gasteiger partial charge in [-0.15, -0.1) is 11.3 Å². The summed E-state index contributed by atoms with van der Waals surface area (Å²) in [5.74, 6) is -0.842. The largest absolute Gasteiger partial charge is 0.506 e. The highest BCUT2D eigenvalue weighted by molar-refractivity contribution is 7.10. The minimum atomic E-state index is -0.696. The zero-order valence-electron chi connectivity index (χ0n) is 8.15. The summed E-state index contributed by atoms with van der Waals surface area (Å²) in [6.07, 6.45) is 0. The van der Waals surface area contributed by atoms with E-state index in [0.717, 1.165) is 4.88 Å². The molecule has 2 aromatic rings. The molecule has 0 aliphatic carbocycles. The Hall–Kier alpha value is -1.10. The van der Waals surface area contributed by atoms with Crippen molar-refractivity contribution in [2.75, 3.05) is 0 Å². The Bertz CT molecular complexity index is 501. The molecule has 0 unspecified atom stereocenters. The smallest absolute Gasteiger partial charge is 0.142 e. The summed E-state index contributed by atoms with van der Waals surface area (Å²) in [6.45, 7) is 0. The molecule has 16 heavy (non-hydrogen) atoms. The average Bonchev–Trinajstić information content (AvgIpc) is 2.77. The molecule has 0 aliphatic rings. The van der Waals surface area contributed by atoms with Crippen LogP contribution in [0.25, 0.3) is 0 Å². The summed E-state index contributed by atoms with van der Waals surface area (Å²) in [4.78, 5) is 0.775. The van der Waals surface area contributed by atoms with Gasteiger partial charge >= 0.3 is 0 Å². The highest BCUT2D eigenvalue weighted by Gasteiger charge is 2.20. The minimum absolute atomic E-state index is 0.0370. The van der Waals surface area contributed by atoms with Gasteiger partial charge in [-0.05, 0) is 23.6 Å². The van der Waals surface area contributed by atoms with E-state index in [1.807, 2.05) is 11.4 Å². The molecule has 1 heterocycles. The van der Waals surface area contributed by atoms with Crippen LogP contribution in [0.1, 0.15) is 16.5 Å². The monoisotopic (exact) mass is 257 g/mol. The van der Waals surface area contributed by atoms with Crippen LogP contribution in [0.3, 0.4) is 0 Å². The lowest BCUT2D eigenvalue weighted by atomic mass is 10.0. The van der Waals surface area contributed by atoms with Crippen LogP contribution in [0, 0.1) is 5.82 Å². The van der Waals surface area contributed by atoms with Crippen molar-refractivity contribution in [2.45, 2.75) is 6.04 Å². The zero-order valence-corrected chi connectivity index (χ0v) is 9.73. The average molecular weight is 258 g/mol. The lowest BCUT2D eigenvalue weighted by Gasteiger charge is -2.13. The number of thiophene rings is 1. The van der Waals surface area contributed by atoms with E-state index < -0.39 is 11.9 Å². The van der Waals surface area contributed by atoms with E-state index in [0.29, 0.717) is 0 Å². The number of nitrogens with two attached hydrogens (primary N) is 1. The fourth-order valence-electron chi connectivity index (χ4n) is 1.46. The van der Waals surface area contributed by atoms with Crippen molar-refractivity contribution >= 4 is 22.9 Å². The molecule has 84 valence electrons. The molecule has 0 amide bonds. The number of hydrogen-bond donors (Lipinski definition) is 2. The van der Waals surface area contributed by atoms with E-state index in [-0.39, 0.29) is 16.3 Å². The van der Waals surface area contributed by atoms with E-state index >= 15 is 0 Å². The minimum Gasteiger partial charge on any atom is -0.506 e. The Morgan fingerprint density at radius 1 is 1.38 bits per heavy atom. The summed E-state index contributed by atoms with van der Waals surface area (Å²) >= 11 is 7.13. The number of aromatic hydroxyl groups is 1. The van der Waals surface area contributed by atoms with Crippen LogP contribution in [-0.2, 0) is 0 Å². The van der Waals surface area contributed by atoms with Crippen molar-refractivity contribution < 1.29 is 9.50 Å². The molecule has 0 saturated heterocycles. The second kappa shape index (κ2) is 4.41. The Kier molecular flexibility index (Phi) is 3.14. The maximum Gasteiger partial charge on any atom is 0.142 e. The van der Waals surface area contributed by atoms with Crippen LogP contribution in [0.15, 0.2) is 29.6 Å². The summed E-state index contributed by atoms with van der Waals surface area (Å²) in [5.41, 5.74) is 5.92. The molecule has 2 nitrogen and oxygen atoms in total. The maximum absolute atomic E-state index is 13.6. The molecule has 2 rings (SSSR count). The Balaban J connectivity index is 2.52. The van der Waals surface area contributed by atoms with Crippen LogP contribution in [-0.4, -0.2) is 5.11 Å². The van der Waals surface area contributed by atoms with Gasteiger partial charge in [0.25, 0.3) is 0 Å². The molecule has 1 aromatic heterocycles. The molecule has 1 aromatic carbocycles. The van der Waals surface area contributed by atoms with Crippen molar-refractivity contribution in [3.05, 3.63) is 50.9 Å². The van der Waals surface area contributed by atoms with Crippen LogP contribution in [0.4, 0.5) is 4.39 Å². The first-order valence-electron chi connectivity index (χ1n) is 4.57. The highest BCUT2D eigenvalue weighted by Crippen LogP contribution is 2.36. The zero-order chi connectivity index (χ0) is 11.7. The van der Waals surface area contributed by atoms with Gasteiger partial charge in [0.2, 0.25) is 0 Å². The first kappa shape index (κ1) is 11.4. The molecule has 3 N–H and O–H groups in total. The predicted octanol–water partition coefficient (Wildman–Crippen LogP) is 3.29. The third-order valence-corrected chi connectivity index (χ3v) is 3.54. The molecule has 1 atom stereocenters. The fraction of sp³-hybridized carbons (Fsp3) is 0.0909. The maximum atomic E-state index is 13.6. The third kappa shape index (κ3) is 1.91. The topological polar surface area (TPSA) is 46.2 Å². The van der Waals surface area contributed by atoms with Crippen LogP contribution in [0.5, 0.6) is 5.75 Å². The molecule has 0 aliphatic heterocycles. The molecule has 0 spiro atoms. The van der Waals surface area contributed by atoms with Crippen LogP contribution in [0.2, 0.25) is 5.02 Å². The Morgan fingerprint density at radius 2 is 2.12 bits per heavy atom. The van der Waals surface area contributed by atoms with E-state index in [2.05, 4.69) is 0 Å². The molecule has 0 saturated carbocycles. The lowest BCUT2D eigenvalue weighted by molar-refractivity contribution is 0.455. The van der Waals surface area contributed by atoms with Gasteiger partial charge in [0.15, 0.2) is 0 Å². The van der Waals surface area contributed by atoms with Crippen molar-refractivity contribution in [1.82, 2.24) is 0 Å². The lowest BCUT2D eigenvalue weighted by Crippen LogP contribution is -2.12. The van der Waals surface area contributed by atoms with Gasteiger partial charge in [-0.3, -0.25) is 0 Å². The van der Waals surface area contributed by atoms with Crippen molar-refractivity contribution in [3.63, 3.8) is 0 Å². The molecular formula is C11H9ClFNOS. The van der Waals surface area contributed by atoms with Crippen LogP contribution < -0.4 is 5.73 Å². The van der Waals surface area contributed by atoms with Gasteiger partial charge in [-0.1, -0.05) is 17.7 Å². The van der Waals surface area contributed by atoms with Gasteiger partial charge in [0, 0.05) is 4.88 Å². The van der Waals surface area contributed by atoms with Crippen LogP contribution >= 0.6 is 22.9 Å². The first-order chi connectivity index (χ1) is 7.61. The summed E-state index contributed by atoms with van der Waals surface area (Å²) in [5, 5.41) is 11.6. The van der Waals surface area contributed by atoms with E-state index in [9.17, 15) is 9.50 Å². The number of phenolic OH excluding ortho intramolecular Hbond substituents is 1.